The van der Waals surface area contributed by atoms with E-state index in [1.165, 1.54) is 0 Å². The molecule has 1 fully saturated rings. The molecule has 0 saturated heterocycles. The zero-order valence-corrected chi connectivity index (χ0v) is 34.2. The summed E-state index contributed by atoms with van der Waals surface area (Å²) in [5, 5.41) is 24.6. The third kappa shape index (κ3) is 10.4. The van der Waals surface area contributed by atoms with Crippen LogP contribution in [0.4, 0.5) is 4.79 Å². The van der Waals surface area contributed by atoms with Crippen LogP contribution in [0.2, 0.25) is 0 Å². The van der Waals surface area contributed by atoms with Gasteiger partial charge in [0.2, 0.25) is 5.79 Å². The number of oxime groups is 1. The van der Waals surface area contributed by atoms with Crippen LogP contribution >= 0.6 is 0 Å². The van der Waals surface area contributed by atoms with Crippen LogP contribution in [0.15, 0.2) is 84.6 Å². The molecule has 0 aromatic heterocycles. The van der Waals surface area contributed by atoms with Crippen LogP contribution in [0, 0.1) is 17.8 Å². The third-order valence-corrected chi connectivity index (χ3v) is 10.9. The van der Waals surface area contributed by atoms with E-state index in [0.29, 0.717) is 60.8 Å². The summed E-state index contributed by atoms with van der Waals surface area (Å²) in [6.45, 7) is 16.6. The second-order valence-electron chi connectivity index (χ2n) is 16.2. The highest BCUT2D eigenvalue weighted by molar-refractivity contribution is 6.03. The van der Waals surface area contributed by atoms with Gasteiger partial charge in [-0.05, 0) is 107 Å². The van der Waals surface area contributed by atoms with Crippen LogP contribution in [0.3, 0.4) is 0 Å². The molecule has 6 unspecified atom stereocenters. The molecule has 1 saturated carbocycles. The van der Waals surface area contributed by atoms with E-state index in [9.17, 15) is 19.8 Å². The zero-order valence-electron chi connectivity index (χ0n) is 34.2. The third-order valence-electron chi connectivity index (χ3n) is 10.9. The van der Waals surface area contributed by atoms with E-state index < -0.39 is 29.4 Å². The minimum atomic E-state index is -1.39. The lowest BCUT2D eigenvalue weighted by molar-refractivity contribution is -0.255. The number of allylic oxidation sites excluding steroid dienone is 1. The Kier molecular flexibility index (Phi) is 15.6. The SMILES string of the molecule is C=CCCOC(=O)N(CCC)C1CC(=NOC(C)(C)C)C2=CC(CCCCO)C(CCCCO)C3c4cc(Oc5cccc(C=O)c5)ccc4OC1(OCC=C)C23. The van der Waals surface area contributed by atoms with Crippen molar-refractivity contribution in [3.05, 3.63) is 90.6 Å². The Balaban J connectivity index is 1.78. The van der Waals surface area contributed by atoms with E-state index in [1.54, 1.807) is 35.3 Å². The average molecular weight is 787 g/mol. The number of hydrogen-bond donors (Lipinski definition) is 2. The predicted molar refractivity (Wildman–Crippen MR) is 221 cm³/mol. The average Bonchev–Trinajstić information content (AvgIpc) is 3.19. The molecule has 2 aromatic rings. The molecule has 2 aromatic carbocycles. The Labute approximate surface area is 338 Å². The standard InChI is InChI=1S/C46H62N2O9/c1-7-10-26-53-44(52)48(22-8-2)41-30-39(47-57-45(4,5)6)37-28-33(17-11-13-23-49)36(19-12-14-24-50)42-38-29-35(55-34-18-15-16-32(27-34)31-51)20-21-40(38)56-46(41,43(37)42)54-25-9-3/h7,9,15-16,18,20-21,27-29,31,33,36,41-43,49-50H,1,3,8,10-14,17,19,22-26,30H2,2,4-6H3. The first-order valence-electron chi connectivity index (χ1n) is 20.6. The Morgan fingerprint density at radius 2 is 1.79 bits per heavy atom. The number of aliphatic hydroxyl groups excluding tert-OH is 2. The molecule has 3 aliphatic rings. The Morgan fingerprint density at radius 1 is 1.04 bits per heavy atom. The van der Waals surface area contributed by atoms with Crippen molar-refractivity contribution >= 4 is 18.1 Å². The van der Waals surface area contributed by atoms with Crippen molar-refractivity contribution in [3.8, 4) is 17.2 Å². The Morgan fingerprint density at radius 3 is 2.47 bits per heavy atom. The fraction of sp³-hybridized carbons (Fsp3) is 0.543. The van der Waals surface area contributed by atoms with Crippen molar-refractivity contribution in [2.24, 2.45) is 22.9 Å². The van der Waals surface area contributed by atoms with Crippen LogP contribution in [0.1, 0.15) is 107 Å². The molecule has 1 aliphatic heterocycles. The second-order valence-corrected chi connectivity index (χ2v) is 16.2. The number of hydrogen-bond acceptors (Lipinski definition) is 10. The van der Waals surface area contributed by atoms with Gasteiger partial charge in [0.1, 0.15) is 35.2 Å². The highest BCUT2D eigenvalue weighted by Crippen LogP contribution is 2.62. The van der Waals surface area contributed by atoms with Gasteiger partial charge in [-0.15, -0.1) is 13.2 Å². The van der Waals surface area contributed by atoms with Crippen molar-refractivity contribution < 1.29 is 43.6 Å². The second kappa shape index (κ2) is 20.3. The number of unbranched alkanes of at least 4 members (excludes halogenated alkanes) is 2. The van der Waals surface area contributed by atoms with Crippen LogP contribution in [0.25, 0.3) is 0 Å². The van der Waals surface area contributed by atoms with Gasteiger partial charge >= 0.3 is 6.09 Å². The summed E-state index contributed by atoms with van der Waals surface area (Å²) >= 11 is 0. The smallest absolute Gasteiger partial charge is 0.410 e. The largest absolute Gasteiger partial charge is 0.459 e. The lowest BCUT2D eigenvalue weighted by Gasteiger charge is -2.60. The first kappa shape index (κ1) is 43.7. The summed E-state index contributed by atoms with van der Waals surface area (Å²) in [4.78, 5) is 33.7. The van der Waals surface area contributed by atoms with Gasteiger partial charge in [0.05, 0.1) is 24.8 Å². The monoisotopic (exact) mass is 786 g/mol. The van der Waals surface area contributed by atoms with Crippen molar-refractivity contribution in [3.63, 3.8) is 0 Å². The Bertz CT molecular complexity index is 1750. The van der Waals surface area contributed by atoms with Crippen molar-refractivity contribution in [2.45, 2.75) is 109 Å². The van der Waals surface area contributed by atoms with Gasteiger partial charge in [0.15, 0.2) is 0 Å². The maximum atomic E-state index is 14.2. The summed E-state index contributed by atoms with van der Waals surface area (Å²) in [7, 11) is 0. The molecular formula is C46H62N2O9. The maximum Gasteiger partial charge on any atom is 0.410 e. The summed E-state index contributed by atoms with van der Waals surface area (Å²) < 4.78 is 26.5. The molecular weight excluding hydrogens is 725 g/mol. The van der Waals surface area contributed by atoms with Gasteiger partial charge in [-0.25, -0.2) is 4.79 Å². The van der Waals surface area contributed by atoms with Gasteiger partial charge in [-0.3, -0.25) is 9.69 Å². The van der Waals surface area contributed by atoms with Gasteiger partial charge in [-0.1, -0.05) is 55.3 Å². The fourth-order valence-corrected chi connectivity index (χ4v) is 8.62. The highest BCUT2D eigenvalue weighted by Gasteiger charge is 2.65. The molecule has 6 atom stereocenters. The number of nitrogens with zero attached hydrogens (tertiary/aromatic N) is 2. The van der Waals surface area contributed by atoms with E-state index in [1.807, 2.05) is 52.0 Å². The molecule has 11 heteroatoms. The first-order chi connectivity index (χ1) is 27.5. The van der Waals surface area contributed by atoms with E-state index in [4.69, 9.17) is 28.9 Å². The quantitative estimate of drug-likeness (QED) is 0.0550. The summed E-state index contributed by atoms with van der Waals surface area (Å²) in [6.07, 6.45) is 12.1. The molecule has 310 valence electrons. The molecule has 2 N–H and O–H groups in total. The van der Waals surface area contributed by atoms with E-state index in [2.05, 4.69) is 19.2 Å². The topological polar surface area (TPSA) is 136 Å². The number of fused-ring (bicyclic) bond motifs is 2. The molecule has 2 aliphatic carbocycles. The van der Waals surface area contributed by atoms with Gasteiger partial charge < -0.3 is 34.0 Å². The number of amides is 1. The van der Waals surface area contributed by atoms with Crippen LogP contribution in [0.5, 0.6) is 17.2 Å². The molecule has 1 amide bonds. The minimum Gasteiger partial charge on any atom is -0.459 e. The normalized spacial score (nSPS) is 24.3. The highest BCUT2D eigenvalue weighted by atomic mass is 16.7. The summed E-state index contributed by atoms with van der Waals surface area (Å²) in [5.41, 5.74) is 2.51. The van der Waals surface area contributed by atoms with Gasteiger partial charge in [0.25, 0.3) is 0 Å². The minimum absolute atomic E-state index is 0.0506. The van der Waals surface area contributed by atoms with Crippen molar-refractivity contribution in [2.75, 3.05) is 33.0 Å². The summed E-state index contributed by atoms with van der Waals surface area (Å²) in [5.74, 6) is -0.219. The molecule has 5 rings (SSSR count). The Hall–Kier alpha value is -4.45. The maximum absolute atomic E-state index is 14.2. The predicted octanol–water partition coefficient (Wildman–Crippen LogP) is 9.15. The fourth-order valence-electron chi connectivity index (χ4n) is 8.62. The number of aldehydes is 1. The number of rotatable bonds is 21. The molecule has 0 radical (unpaired) electrons. The zero-order chi connectivity index (χ0) is 41.0. The van der Waals surface area contributed by atoms with E-state index >= 15 is 0 Å². The van der Waals surface area contributed by atoms with Crippen LogP contribution in [-0.2, 0) is 14.3 Å². The molecule has 0 bridgehead atoms. The van der Waals surface area contributed by atoms with Crippen molar-refractivity contribution in [1.82, 2.24) is 4.90 Å². The lowest BCUT2D eigenvalue weighted by Crippen LogP contribution is -2.70. The van der Waals surface area contributed by atoms with E-state index in [-0.39, 0.29) is 50.6 Å². The number of benzene rings is 2. The molecule has 57 heavy (non-hydrogen) atoms. The van der Waals surface area contributed by atoms with Gasteiger partial charge in [0, 0.05) is 43.2 Å². The van der Waals surface area contributed by atoms with Crippen LogP contribution in [-0.4, -0.2) is 83.6 Å². The van der Waals surface area contributed by atoms with Crippen molar-refractivity contribution in [1.29, 1.82) is 0 Å². The number of ether oxygens (including phenoxy) is 4. The van der Waals surface area contributed by atoms with Gasteiger partial charge in [-0.2, -0.15) is 0 Å². The summed E-state index contributed by atoms with van der Waals surface area (Å²) in [6, 6.07) is 12.1. The number of aliphatic hydroxyl groups is 2. The molecule has 11 nitrogen and oxygen atoms in total. The lowest BCUT2D eigenvalue weighted by atomic mass is 9.55. The molecule has 1 heterocycles. The van der Waals surface area contributed by atoms with Crippen LogP contribution < -0.4 is 9.47 Å². The number of carbonyl (C=O) groups excluding carboxylic acids is 2. The molecule has 0 spiro atoms. The number of carbonyl (C=O) groups is 2. The van der Waals surface area contributed by atoms with E-state index in [0.717, 1.165) is 43.1 Å². The first-order valence-corrected chi connectivity index (χ1v) is 20.6.